The van der Waals surface area contributed by atoms with Crippen molar-refractivity contribution in [3.05, 3.63) is 31.0 Å². The number of likely N-dealkylation sites (tertiary alicyclic amines) is 1. The van der Waals surface area contributed by atoms with Crippen LogP contribution in [0.2, 0.25) is 0 Å². The lowest BCUT2D eigenvalue weighted by molar-refractivity contribution is 0.393. The number of nitrogens with two attached hydrogens (primary N) is 1. The molecular formula is C13H17N5. The molecule has 1 saturated heterocycles. The van der Waals surface area contributed by atoms with Gasteiger partial charge in [0.25, 0.3) is 0 Å². The summed E-state index contributed by atoms with van der Waals surface area (Å²) in [5.74, 6) is 0. The average molecular weight is 243 g/mol. The van der Waals surface area contributed by atoms with E-state index in [0.29, 0.717) is 6.04 Å². The summed E-state index contributed by atoms with van der Waals surface area (Å²) >= 11 is 0. The molecule has 0 spiro atoms. The molecule has 0 bridgehead atoms. The molecule has 0 amide bonds. The SMILES string of the molecule is CN1CCC(n2cncc2-c2cnccc2N)C1. The standard InChI is InChI=1S/C13H17N5/c1-17-5-3-10(8-17)18-9-16-7-13(18)11-6-15-4-2-12(11)14/h2,4,6-7,9-10H,3,5,8H2,1H3,(H2,14,15). The maximum Gasteiger partial charge on any atom is 0.0954 e. The first-order valence-electron chi connectivity index (χ1n) is 6.16. The molecule has 1 aliphatic rings. The van der Waals surface area contributed by atoms with Gasteiger partial charge in [-0.25, -0.2) is 4.98 Å². The highest BCUT2D eigenvalue weighted by atomic mass is 15.2. The Morgan fingerprint density at radius 2 is 2.22 bits per heavy atom. The zero-order valence-electron chi connectivity index (χ0n) is 10.5. The molecule has 5 heteroatoms. The molecule has 94 valence electrons. The van der Waals surface area contributed by atoms with Gasteiger partial charge in [0.2, 0.25) is 0 Å². The van der Waals surface area contributed by atoms with Crippen molar-refractivity contribution in [2.75, 3.05) is 25.9 Å². The van der Waals surface area contributed by atoms with Crippen LogP contribution < -0.4 is 5.73 Å². The Morgan fingerprint density at radius 3 is 2.94 bits per heavy atom. The Morgan fingerprint density at radius 1 is 1.33 bits per heavy atom. The zero-order chi connectivity index (χ0) is 12.5. The number of hydrogen-bond acceptors (Lipinski definition) is 4. The second kappa shape index (κ2) is 4.42. The third-order valence-electron chi connectivity index (χ3n) is 3.56. The lowest BCUT2D eigenvalue weighted by Crippen LogP contribution is -2.16. The molecule has 0 aromatic carbocycles. The van der Waals surface area contributed by atoms with Crippen molar-refractivity contribution in [3.8, 4) is 11.3 Å². The molecule has 3 heterocycles. The van der Waals surface area contributed by atoms with Gasteiger partial charge in [-0.3, -0.25) is 4.98 Å². The third-order valence-corrected chi connectivity index (χ3v) is 3.56. The van der Waals surface area contributed by atoms with Crippen LogP contribution in [0.4, 0.5) is 5.69 Å². The highest BCUT2D eigenvalue weighted by Crippen LogP contribution is 2.29. The Bertz CT molecular complexity index is 548. The molecule has 1 unspecified atom stereocenters. The average Bonchev–Trinajstić information content (AvgIpc) is 2.98. The van der Waals surface area contributed by atoms with E-state index in [1.807, 2.05) is 24.8 Å². The van der Waals surface area contributed by atoms with Crippen LogP contribution in [0.5, 0.6) is 0 Å². The molecule has 3 rings (SSSR count). The minimum absolute atomic E-state index is 0.479. The molecular weight excluding hydrogens is 226 g/mol. The lowest BCUT2D eigenvalue weighted by Gasteiger charge is -2.16. The van der Waals surface area contributed by atoms with E-state index >= 15 is 0 Å². The second-order valence-electron chi connectivity index (χ2n) is 4.85. The molecule has 1 aliphatic heterocycles. The zero-order valence-corrected chi connectivity index (χ0v) is 10.5. The van der Waals surface area contributed by atoms with Crippen LogP contribution in [-0.2, 0) is 0 Å². The molecule has 18 heavy (non-hydrogen) atoms. The quantitative estimate of drug-likeness (QED) is 0.866. The second-order valence-corrected chi connectivity index (χ2v) is 4.85. The van der Waals surface area contributed by atoms with Crippen LogP contribution in [0, 0.1) is 0 Å². The Hall–Kier alpha value is -1.88. The fourth-order valence-electron chi connectivity index (χ4n) is 2.56. The first kappa shape index (κ1) is 11.2. The Kier molecular flexibility index (Phi) is 2.76. The largest absolute Gasteiger partial charge is 0.398 e. The van der Waals surface area contributed by atoms with Gasteiger partial charge in [0, 0.05) is 36.2 Å². The summed E-state index contributed by atoms with van der Waals surface area (Å²) in [6.45, 7) is 2.19. The summed E-state index contributed by atoms with van der Waals surface area (Å²) in [4.78, 5) is 10.8. The van der Waals surface area contributed by atoms with Crippen LogP contribution in [0.1, 0.15) is 12.5 Å². The van der Waals surface area contributed by atoms with Crippen LogP contribution in [0.3, 0.4) is 0 Å². The molecule has 1 atom stereocenters. The van der Waals surface area contributed by atoms with Crippen molar-refractivity contribution in [2.45, 2.75) is 12.5 Å². The summed E-state index contributed by atoms with van der Waals surface area (Å²) in [7, 11) is 2.15. The van der Waals surface area contributed by atoms with Crippen molar-refractivity contribution in [2.24, 2.45) is 0 Å². The van der Waals surface area contributed by atoms with Gasteiger partial charge < -0.3 is 15.2 Å². The summed E-state index contributed by atoms with van der Waals surface area (Å²) < 4.78 is 2.22. The number of nitrogens with zero attached hydrogens (tertiary/aromatic N) is 4. The van der Waals surface area contributed by atoms with Gasteiger partial charge in [0.15, 0.2) is 0 Å². The summed E-state index contributed by atoms with van der Waals surface area (Å²) in [6, 6.07) is 2.31. The van der Waals surface area contributed by atoms with E-state index in [1.165, 1.54) is 0 Å². The van der Waals surface area contributed by atoms with Crippen molar-refractivity contribution in [1.82, 2.24) is 19.4 Å². The number of rotatable bonds is 2. The van der Waals surface area contributed by atoms with Gasteiger partial charge in [-0.1, -0.05) is 0 Å². The van der Waals surface area contributed by atoms with E-state index in [-0.39, 0.29) is 0 Å². The lowest BCUT2D eigenvalue weighted by atomic mass is 10.1. The highest BCUT2D eigenvalue weighted by Gasteiger charge is 2.23. The van der Waals surface area contributed by atoms with E-state index in [9.17, 15) is 0 Å². The Labute approximate surface area is 106 Å². The molecule has 0 saturated carbocycles. The fourth-order valence-corrected chi connectivity index (χ4v) is 2.56. The van der Waals surface area contributed by atoms with Crippen molar-refractivity contribution in [3.63, 3.8) is 0 Å². The maximum atomic E-state index is 6.02. The van der Waals surface area contributed by atoms with Crippen LogP contribution in [0.25, 0.3) is 11.3 Å². The van der Waals surface area contributed by atoms with Crippen molar-refractivity contribution >= 4 is 5.69 Å². The Balaban J connectivity index is 1.99. The van der Waals surface area contributed by atoms with Crippen molar-refractivity contribution < 1.29 is 0 Å². The summed E-state index contributed by atoms with van der Waals surface area (Å²) in [6.07, 6.45) is 8.43. The monoisotopic (exact) mass is 243 g/mol. The molecule has 2 aromatic rings. The summed E-state index contributed by atoms with van der Waals surface area (Å²) in [5.41, 5.74) is 8.78. The normalized spacial score (nSPS) is 20.4. The molecule has 5 nitrogen and oxygen atoms in total. The maximum absolute atomic E-state index is 6.02. The van der Waals surface area contributed by atoms with E-state index in [2.05, 4.69) is 26.5 Å². The molecule has 2 N–H and O–H groups in total. The van der Waals surface area contributed by atoms with Crippen LogP contribution in [-0.4, -0.2) is 39.6 Å². The number of pyridine rings is 1. The highest BCUT2D eigenvalue weighted by molar-refractivity contribution is 5.72. The first-order chi connectivity index (χ1) is 8.75. The molecule has 1 fully saturated rings. The molecule has 2 aromatic heterocycles. The van der Waals surface area contributed by atoms with Gasteiger partial charge in [-0.2, -0.15) is 0 Å². The van der Waals surface area contributed by atoms with E-state index in [4.69, 9.17) is 5.73 Å². The number of imidazole rings is 1. The number of anilines is 1. The third kappa shape index (κ3) is 1.86. The number of aromatic nitrogens is 3. The smallest absolute Gasteiger partial charge is 0.0954 e. The molecule has 0 aliphatic carbocycles. The minimum atomic E-state index is 0.479. The first-order valence-corrected chi connectivity index (χ1v) is 6.16. The predicted octanol–water partition coefficient (Wildman–Crippen LogP) is 1.40. The number of hydrogen-bond donors (Lipinski definition) is 1. The minimum Gasteiger partial charge on any atom is -0.398 e. The van der Waals surface area contributed by atoms with Gasteiger partial charge in [-0.15, -0.1) is 0 Å². The predicted molar refractivity (Wildman–Crippen MR) is 71.0 cm³/mol. The van der Waals surface area contributed by atoms with Crippen LogP contribution >= 0.6 is 0 Å². The van der Waals surface area contributed by atoms with Gasteiger partial charge >= 0.3 is 0 Å². The molecule has 0 radical (unpaired) electrons. The van der Waals surface area contributed by atoms with E-state index < -0.39 is 0 Å². The number of likely N-dealkylation sites (N-methyl/N-ethyl adjacent to an activating group) is 1. The topological polar surface area (TPSA) is 60.0 Å². The van der Waals surface area contributed by atoms with Gasteiger partial charge in [0.1, 0.15) is 0 Å². The van der Waals surface area contributed by atoms with Crippen LogP contribution in [0.15, 0.2) is 31.0 Å². The van der Waals surface area contributed by atoms with E-state index in [0.717, 1.165) is 36.5 Å². The van der Waals surface area contributed by atoms with Crippen molar-refractivity contribution in [1.29, 1.82) is 0 Å². The summed E-state index contributed by atoms with van der Waals surface area (Å²) in [5, 5.41) is 0. The number of nitrogen functional groups attached to an aromatic ring is 1. The van der Waals surface area contributed by atoms with Gasteiger partial charge in [0.05, 0.1) is 18.2 Å². The van der Waals surface area contributed by atoms with E-state index in [1.54, 1.807) is 6.20 Å². The van der Waals surface area contributed by atoms with Gasteiger partial charge in [-0.05, 0) is 26.1 Å². The fraction of sp³-hybridized carbons (Fsp3) is 0.385.